The van der Waals surface area contributed by atoms with Crippen LogP contribution < -0.4 is 10.1 Å². The maximum atomic E-state index is 12.2. The molecule has 7 nitrogen and oxygen atoms in total. The van der Waals surface area contributed by atoms with Crippen LogP contribution in [0.15, 0.2) is 54.6 Å². The molecule has 1 heterocycles. The average molecular weight is 337 g/mol. The molecule has 0 fully saturated rings. The minimum absolute atomic E-state index is 0.205. The number of aromatic nitrogens is 2. The lowest BCUT2D eigenvalue weighted by Crippen LogP contribution is -2.11. The van der Waals surface area contributed by atoms with E-state index in [1.54, 1.807) is 49.6 Å². The summed E-state index contributed by atoms with van der Waals surface area (Å²) in [5, 5.41) is 18.5. The fourth-order valence-electron chi connectivity index (χ4n) is 2.26. The molecule has 3 aromatic rings. The molecule has 0 aliphatic heterocycles. The number of carboxylic acids is 1. The van der Waals surface area contributed by atoms with Crippen LogP contribution in [0, 0.1) is 0 Å². The summed E-state index contributed by atoms with van der Waals surface area (Å²) in [6.07, 6.45) is 0. The lowest BCUT2D eigenvalue weighted by Gasteiger charge is -2.03. The van der Waals surface area contributed by atoms with Crippen LogP contribution in [0.1, 0.15) is 20.7 Å². The Morgan fingerprint density at radius 3 is 2.28 bits per heavy atom. The minimum atomic E-state index is -0.983. The molecule has 0 saturated carbocycles. The van der Waals surface area contributed by atoms with E-state index in [9.17, 15) is 9.59 Å². The fourth-order valence-corrected chi connectivity index (χ4v) is 2.26. The van der Waals surface area contributed by atoms with Crippen LogP contribution in [0.4, 0.5) is 5.82 Å². The number of hydrogen-bond acceptors (Lipinski definition) is 4. The van der Waals surface area contributed by atoms with Gasteiger partial charge in [-0.1, -0.05) is 12.1 Å². The van der Waals surface area contributed by atoms with E-state index in [0.29, 0.717) is 22.8 Å². The second-order valence-corrected chi connectivity index (χ2v) is 5.23. The van der Waals surface area contributed by atoms with Crippen molar-refractivity contribution in [3.05, 3.63) is 65.7 Å². The molecule has 3 rings (SSSR count). The topological polar surface area (TPSA) is 104 Å². The number of benzene rings is 2. The standard InChI is InChI=1S/C18H15N3O4/c1-25-14-8-6-12(7-9-14)17(22)19-16-10-15(20-21-16)11-2-4-13(5-3-11)18(23)24/h2-10H,1H3,(H,23,24)(H2,19,20,21,22). The zero-order valence-corrected chi connectivity index (χ0v) is 13.3. The van der Waals surface area contributed by atoms with E-state index in [-0.39, 0.29) is 11.5 Å². The van der Waals surface area contributed by atoms with Crippen LogP contribution in [0.3, 0.4) is 0 Å². The molecule has 0 bridgehead atoms. The van der Waals surface area contributed by atoms with E-state index < -0.39 is 5.97 Å². The van der Waals surface area contributed by atoms with Gasteiger partial charge in [-0.2, -0.15) is 5.10 Å². The first kappa shape index (κ1) is 16.3. The number of ether oxygens (including phenoxy) is 1. The predicted molar refractivity (Wildman–Crippen MR) is 91.9 cm³/mol. The normalized spacial score (nSPS) is 10.3. The van der Waals surface area contributed by atoms with E-state index >= 15 is 0 Å². The van der Waals surface area contributed by atoms with Crippen LogP contribution in [0.5, 0.6) is 5.75 Å². The zero-order chi connectivity index (χ0) is 17.8. The zero-order valence-electron chi connectivity index (χ0n) is 13.3. The summed E-state index contributed by atoms with van der Waals surface area (Å²) >= 11 is 0. The number of hydrogen-bond donors (Lipinski definition) is 3. The van der Waals surface area contributed by atoms with Crippen LogP contribution in [-0.2, 0) is 0 Å². The Morgan fingerprint density at radius 2 is 1.68 bits per heavy atom. The molecule has 2 aromatic carbocycles. The van der Waals surface area contributed by atoms with Crippen LogP contribution in [0.2, 0.25) is 0 Å². The number of methoxy groups -OCH3 is 1. The molecule has 1 aromatic heterocycles. The van der Waals surface area contributed by atoms with Crippen molar-refractivity contribution in [1.82, 2.24) is 10.2 Å². The Kier molecular flexibility index (Phi) is 4.47. The van der Waals surface area contributed by atoms with Gasteiger partial charge in [0.25, 0.3) is 5.91 Å². The summed E-state index contributed by atoms with van der Waals surface area (Å²) in [4.78, 5) is 23.1. The molecule has 0 saturated heterocycles. The first-order valence-electron chi connectivity index (χ1n) is 7.41. The molecule has 25 heavy (non-hydrogen) atoms. The number of anilines is 1. The van der Waals surface area contributed by atoms with E-state index in [0.717, 1.165) is 5.56 Å². The van der Waals surface area contributed by atoms with Gasteiger partial charge in [0, 0.05) is 11.6 Å². The molecule has 7 heteroatoms. The Labute approximate surface area is 143 Å². The molecule has 1 amide bonds. The smallest absolute Gasteiger partial charge is 0.335 e. The molecule has 0 aliphatic rings. The van der Waals surface area contributed by atoms with Gasteiger partial charge >= 0.3 is 5.97 Å². The Bertz CT molecular complexity index is 899. The van der Waals surface area contributed by atoms with Crippen LogP contribution >= 0.6 is 0 Å². The monoisotopic (exact) mass is 337 g/mol. The molecule has 0 unspecified atom stereocenters. The number of amides is 1. The van der Waals surface area contributed by atoms with Crippen molar-refractivity contribution in [3.63, 3.8) is 0 Å². The molecule has 126 valence electrons. The molecule has 3 N–H and O–H groups in total. The summed E-state index contributed by atoms with van der Waals surface area (Å²) < 4.78 is 5.06. The summed E-state index contributed by atoms with van der Waals surface area (Å²) in [6.45, 7) is 0. The Balaban J connectivity index is 1.72. The summed E-state index contributed by atoms with van der Waals surface area (Å²) in [5.41, 5.74) is 2.12. The number of aromatic amines is 1. The third kappa shape index (κ3) is 3.66. The van der Waals surface area contributed by atoms with Gasteiger partial charge in [0.2, 0.25) is 0 Å². The van der Waals surface area contributed by atoms with Crippen molar-refractivity contribution >= 4 is 17.7 Å². The highest BCUT2D eigenvalue weighted by atomic mass is 16.5. The second kappa shape index (κ2) is 6.88. The number of nitrogens with one attached hydrogen (secondary N) is 2. The number of aromatic carboxylic acids is 1. The quantitative estimate of drug-likeness (QED) is 0.664. The second-order valence-electron chi connectivity index (χ2n) is 5.23. The maximum Gasteiger partial charge on any atom is 0.335 e. The van der Waals surface area contributed by atoms with Gasteiger partial charge in [-0.05, 0) is 42.0 Å². The molecular weight excluding hydrogens is 322 g/mol. The van der Waals surface area contributed by atoms with E-state index in [1.165, 1.54) is 12.1 Å². The van der Waals surface area contributed by atoms with Gasteiger partial charge in [-0.15, -0.1) is 0 Å². The molecular formula is C18H15N3O4. The number of carbonyl (C=O) groups excluding carboxylic acids is 1. The van der Waals surface area contributed by atoms with Gasteiger partial charge < -0.3 is 15.2 Å². The number of nitrogens with zero attached hydrogens (tertiary/aromatic N) is 1. The van der Waals surface area contributed by atoms with Gasteiger partial charge in [0.15, 0.2) is 5.82 Å². The molecule has 0 aliphatic carbocycles. The fraction of sp³-hybridized carbons (Fsp3) is 0.0556. The third-order valence-corrected chi connectivity index (χ3v) is 3.61. The van der Waals surface area contributed by atoms with Crippen molar-refractivity contribution in [3.8, 4) is 17.0 Å². The van der Waals surface area contributed by atoms with Gasteiger partial charge in [0.05, 0.1) is 18.4 Å². The van der Waals surface area contributed by atoms with Crippen molar-refractivity contribution in [1.29, 1.82) is 0 Å². The van der Waals surface area contributed by atoms with Crippen molar-refractivity contribution in [2.24, 2.45) is 0 Å². The number of H-pyrrole nitrogens is 1. The highest BCUT2D eigenvalue weighted by molar-refractivity contribution is 6.04. The first-order valence-corrected chi connectivity index (χ1v) is 7.41. The summed E-state index contributed by atoms with van der Waals surface area (Å²) in [5.74, 6) is -0.230. The minimum Gasteiger partial charge on any atom is -0.497 e. The third-order valence-electron chi connectivity index (χ3n) is 3.61. The van der Waals surface area contributed by atoms with E-state index in [4.69, 9.17) is 9.84 Å². The predicted octanol–water partition coefficient (Wildman–Crippen LogP) is 3.04. The highest BCUT2D eigenvalue weighted by Gasteiger charge is 2.10. The van der Waals surface area contributed by atoms with Crippen molar-refractivity contribution in [2.75, 3.05) is 12.4 Å². The highest BCUT2D eigenvalue weighted by Crippen LogP contribution is 2.21. The van der Waals surface area contributed by atoms with E-state index in [2.05, 4.69) is 15.5 Å². The first-order chi connectivity index (χ1) is 12.1. The number of carbonyl (C=O) groups is 2. The van der Waals surface area contributed by atoms with Crippen molar-refractivity contribution in [2.45, 2.75) is 0 Å². The van der Waals surface area contributed by atoms with Crippen LogP contribution in [-0.4, -0.2) is 34.3 Å². The molecule has 0 spiro atoms. The number of rotatable bonds is 5. The summed E-state index contributed by atoms with van der Waals surface area (Å²) in [7, 11) is 1.56. The maximum absolute atomic E-state index is 12.2. The summed E-state index contributed by atoms with van der Waals surface area (Å²) in [6, 6.07) is 14.8. The van der Waals surface area contributed by atoms with Gasteiger partial charge in [-0.25, -0.2) is 4.79 Å². The number of carboxylic acid groups (broad SMARTS) is 1. The Hall–Kier alpha value is -3.61. The van der Waals surface area contributed by atoms with Crippen LogP contribution in [0.25, 0.3) is 11.3 Å². The lowest BCUT2D eigenvalue weighted by atomic mass is 10.1. The lowest BCUT2D eigenvalue weighted by molar-refractivity contribution is 0.0696. The molecule has 0 radical (unpaired) electrons. The van der Waals surface area contributed by atoms with Gasteiger partial charge in [-0.3, -0.25) is 9.89 Å². The largest absolute Gasteiger partial charge is 0.497 e. The van der Waals surface area contributed by atoms with Gasteiger partial charge in [0.1, 0.15) is 5.75 Å². The van der Waals surface area contributed by atoms with Crippen molar-refractivity contribution < 1.29 is 19.4 Å². The molecule has 0 atom stereocenters. The van der Waals surface area contributed by atoms with E-state index in [1.807, 2.05) is 0 Å². The Morgan fingerprint density at radius 1 is 1.04 bits per heavy atom. The average Bonchev–Trinajstić information content (AvgIpc) is 3.10. The SMILES string of the molecule is COc1ccc(C(=O)Nc2cc(-c3ccc(C(=O)O)cc3)[nH]n2)cc1.